The van der Waals surface area contributed by atoms with Crippen LogP contribution in [0.15, 0.2) is 29.3 Å². The molecule has 0 atom stereocenters. The number of halogens is 2. The van der Waals surface area contributed by atoms with Crippen molar-refractivity contribution in [2.24, 2.45) is 0 Å². The summed E-state index contributed by atoms with van der Waals surface area (Å²) < 4.78 is 39.8. The lowest BCUT2D eigenvalue weighted by Crippen LogP contribution is -2.24. The number of aromatic amines is 1. The third-order valence-corrected chi connectivity index (χ3v) is 4.32. The van der Waals surface area contributed by atoms with E-state index in [0.717, 1.165) is 6.07 Å². The Morgan fingerprint density at radius 3 is 2.76 bits per heavy atom. The predicted molar refractivity (Wildman–Crippen MR) is 71.0 cm³/mol. The number of hydrogen-bond acceptors (Lipinski definition) is 4. The Morgan fingerprint density at radius 1 is 1.48 bits per heavy atom. The van der Waals surface area contributed by atoms with Crippen LogP contribution in [0.5, 0.6) is 0 Å². The molecule has 112 valence electrons. The fourth-order valence-electron chi connectivity index (χ4n) is 1.51. The van der Waals surface area contributed by atoms with Crippen LogP contribution < -0.4 is 4.72 Å². The molecule has 0 aliphatic heterocycles. The topological polar surface area (TPSA) is 112 Å². The number of nitrogens with one attached hydrogen (secondary N) is 2. The Morgan fingerprint density at radius 2 is 2.19 bits per heavy atom. The summed E-state index contributed by atoms with van der Waals surface area (Å²) in [6, 6.07) is 3.00. The van der Waals surface area contributed by atoms with Crippen LogP contribution in [0.2, 0.25) is 5.02 Å². The van der Waals surface area contributed by atoms with Gasteiger partial charge in [-0.05, 0) is 18.2 Å². The van der Waals surface area contributed by atoms with Crippen LogP contribution in [0.3, 0.4) is 0 Å². The van der Waals surface area contributed by atoms with Gasteiger partial charge in [0, 0.05) is 6.20 Å². The van der Waals surface area contributed by atoms with Gasteiger partial charge in [0.15, 0.2) is 0 Å². The minimum atomic E-state index is -4.09. The van der Waals surface area contributed by atoms with Crippen molar-refractivity contribution < 1.29 is 22.7 Å². The summed E-state index contributed by atoms with van der Waals surface area (Å²) in [6.45, 7) is -0.102. The van der Waals surface area contributed by atoms with Gasteiger partial charge in [0.2, 0.25) is 10.0 Å². The predicted octanol–water partition coefficient (Wildman–Crippen LogP) is 1.38. The van der Waals surface area contributed by atoms with Crippen molar-refractivity contribution in [1.29, 1.82) is 0 Å². The van der Waals surface area contributed by atoms with Crippen molar-refractivity contribution in [3.8, 4) is 0 Å². The molecule has 0 bridgehead atoms. The number of aromatic nitrogens is 2. The quantitative estimate of drug-likeness (QED) is 0.765. The van der Waals surface area contributed by atoms with E-state index < -0.39 is 37.3 Å². The largest absolute Gasteiger partial charge is 0.478 e. The van der Waals surface area contributed by atoms with Gasteiger partial charge in [-0.1, -0.05) is 11.6 Å². The summed E-state index contributed by atoms with van der Waals surface area (Å²) in [4.78, 5) is 10.4. The van der Waals surface area contributed by atoms with Crippen molar-refractivity contribution in [1.82, 2.24) is 14.9 Å². The number of hydrogen-bond donors (Lipinski definition) is 3. The molecule has 0 radical (unpaired) electrons. The zero-order valence-corrected chi connectivity index (χ0v) is 11.9. The van der Waals surface area contributed by atoms with E-state index in [1.807, 2.05) is 0 Å². The monoisotopic (exact) mass is 333 g/mol. The van der Waals surface area contributed by atoms with Crippen LogP contribution in [0.25, 0.3) is 0 Å². The first-order valence-corrected chi connectivity index (χ1v) is 7.37. The highest BCUT2D eigenvalue weighted by Gasteiger charge is 2.21. The summed E-state index contributed by atoms with van der Waals surface area (Å²) in [7, 11) is -4.09. The summed E-state index contributed by atoms with van der Waals surface area (Å²) in [5, 5.41) is 14.4. The molecule has 3 N–H and O–H groups in total. The zero-order chi connectivity index (χ0) is 15.6. The molecule has 1 aromatic carbocycles. The van der Waals surface area contributed by atoms with E-state index in [-0.39, 0.29) is 6.54 Å². The van der Waals surface area contributed by atoms with Gasteiger partial charge in [-0.25, -0.2) is 22.3 Å². The highest BCUT2D eigenvalue weighted by atomic mass is 35.5. The van der Waals surface area contributed by atoms with Crippen LogP contribution in [0.1, 0.15) is 16.1 Å². The Balaban J connectivity index is 2.33. The Labute approximate surface area is 123 Å². The zero-order valence-electron chi connectivity index (χ0n) is 10.3. The molecule has 0 unspecified atom stereocenters. The SMILES string of the molecule is O=C(O)c1cc(S(=O)(=O)NCc2ccn[nH]2)cc(F)c1Cl. The van der Waals surface area contributed by atoms with Gasteiger partial charge < -0.3 is 5.11 Å². The van der Waals surface area contributed by atoms with Crippen LogP contribution >= 0.6 is 11.6 Å². The van der Waals surface area contributed by atoms with E-state index in [9.17, 15) is 17.6 Å². The number of benzene rings is 1. The lowest BCUT2D eigenvalue weighted by Gasteiger charge is -2.08. The molecular weight excluding hydrogens is 325 g/mol. The molecule has 0 amide bonds. The van der Waals surface area contributed by atoms with E-state index in [1.54, 1.807) is 6.07 Å². The molecule has 7 nitrogen and oxygen atoms in total. The number of H-pyrrole nitrogens is 1. The number of rotatable bonds is 5. The van der Waals surface area contributed by atoms with Gasteiger partial charge in [0.1, 0.15) is 5.82 Å². The maximum atomic E-state index is 13.5. The Bertz CT molecular complexity index is 777. The second-order valence-corrected chi connectivity index (χ2v) is 6.12. The summed E-state index contributed by atoms with van der Waals surface area (Å²) in [5.74, 6) is -2.65. The van der Waals surface area contributed by atoms with E-state index in [4.69, 9.17) is 16.7 Å². The van der Waals surface area contributed by atoms with Gasteiger partial charge in [-0.3, -0.25) is 5.10 Å². The van der Waals surface area contributed by atoms with E-state index >= 15 is 0 Å². The highest BCUT2D eigenvalue weighted by molar-refractivity contribution is 7.89. The number of carbonyl (C=O) groups is 1. The summed E-state index contributed by atoms with van der Waals surface area (Å²) in [5.41, 5.74) is -0.134. The summed E-state index contributed by atoms with van der Waals surface area (Å²) >= 11 is 5.48. The van der Waals surface area contributed by atoms with Gasteiger partial charge in [0.25, 0.3) is 0 Å². The molecule has 2 rings (SSSR count). The standard InChI is InChI=1S/C11H9ClFN3O4S/c12-10-8(11(17)18)3-7(4-9(10)13)21(19,20)15-5-6-1-2-14-16-6/h1-4,15H,5H2,(H,14,16)(H,17,18). The second-order valence-electron chi connectivity index (χ2n) is 3.98. The molecular formula is C11H9ClFN3O4S. The number of carboxylic acid groups (broad SMARTS) is 1. The first-order chi connectivity index (χ1) is 9.81. The fraction of sp³-hybridized carbons (Fsp3) is 0.0909. The van der Waals surface area contributed by atoms with E-state index in [2.05, 4.69) is 14.9 Å². The molecule has 0 aliphatic carbocycles. The molecule has 0 aliphatic rings. The highest BCUT2D eigenvalue weighted by Crippen LogP contribution is 2.24. The van der Waals surface area contributed by atoms with Crippen LogP contribution in [0.4, 0.5) is 4.39 Å². The number of sulfonamides is 1. The maximum absolute atomic E-state index is 13.5. The molecule has 0 saturated heterocycles. The molecule has 1 heterocycles. The third kappa shape index (κ3) is 3.38. The van der Waals surface area contributed by atoms with Crippen molar-refractivity contribution in [3.05, 3.63) is 46.5 Å². The lowest BCUT2D eigenvalue weighted by molar-refractivity contribution is 0.0696. The van der Waals surface area contributed by atoms with Gasteiger partial charge in [-0.2, -0.15) is 5.10 Å². The average molecular weight is 334 g/mol. The normalized spacial score (nSPS) is 11.5. The third-order valence-electron chi connectivity index (χ3n) is 2.55. The maximum Gasteiger partial charge on any atom is 0.337 e. The average Bonchev–Trinajstić information content (AvgIpc) is 2.92. The van der Waals surface area contributed by atoms with Gasteiger partial charge >= 0.3 is 5.97 Å². The van der Waals surface area contributed by atoms with Crippen molar-refractivity contribution >= 4 is 27.6 Å². The number of carboxylic acids is 1. The summed E-state index contributed by atoms with van der Waals surface area (Å²) in [6.07, 6.45) is 1.44. The Hall–Kier alpha value is -1.97. The first kappa shape index (κ1) is 15.4. The fourth-order valence-corrected chi connectivity index (χ4v) is 2.75. The van der Waals surface area contributed by atoms with Crippen LogP contribution in [-0.2, 0) is 16.6 Å². The van der Waals surface area contributed by atoms with Crippen molar-refractivity contribution in [2.75, 3.05) is 0 Å². The smallest absolute Gasteiger partial charge is 0.337 e. The lowest BCUT2D eigenvalue weighted by atomic mass is 10.2. The number of aromatic carboxylic acids is 1. The van der Waals surface area contributed by atoms with E-state index in [0.29, 0.717) is 11.8 Å². The molecule has 0 fully saturated rings. The molecule has 0 spiro atoms. The van der Waals surface area contributed by atoms with Crippen LogP contribution in [-0.4, -0.2) is 29.7 Å². The van der Waals surface area contributed by atoms with Gasteiger partial charge in [0.05, 0.1) is 27.7 Å². The number of nitrogens with zero attached hydrogens (tertiary/aromatic N) is 1. The molecule has 1 aromatic heterocycles. The van der Waals surface area contributed by atoms with Crippen molar-refractivity contribution in [3.63, 3.8) is 0 Å². The molecule has 2 aromatic rings. The van der Waals surface area contributed by atoms with Gasteiger partial charge in [-0.15, -0.1) is 0 Å². The van der Waals surface area contributed by atoms with Crippen LogP contribution in [0, 0.1) is 5.82 Å². The molecule has 10 heteroatoms. The molecule has 0 saturated carbocycles. The molecule has 21 heavy (non-hydrogen) atoms. The minimum absolute atomic E-state index is 0.102. The van der Waals surface area contributed by atoms with E-state index in [1.165, 1.54) is 6.20 Å². The second kappa shape index (κ2) is 5.80. The Kier molecular flexibility index (Phi) is 4.26. The first-order valence-electron chi connectivity index (χ1n) is 5.51. The minimum Gasteiger partial charge on any atom is -0.478 e. The van der Waals surface area contributed by atoms with Crippen molar-refractivity contribution in [2.45, 2.75) is 11.4 Å².